The Balaban J connectivity index is 1.42. The number of benzene rings is 3. The maximum absolute atomic E-state index is 13.4. The smallest absolute Gasteiger partial charge is 0.323 e. The molecule has 2 N–H and O–H groups in total. The Morgan fingerprint density at radius 3 is 2.54 bits per heavy atom. The Labute approximate surface area is 235 Å². The highest BCUT2D eigenvalue weighted by Crippen LogP contribution is 2.28. The zero-order valence-electron chi connectivity index (χ0n) is 21.0. The number of hydrogen-bond donors (Lipinski definition) is 2. The Morgan fingerprint density at radius 1 is 1.03 bits per heavy atom. The van der Waals surface area contributed by atoms with Gasteiger partial charge in [0, 0.05) is 53.6 Å². The molecule has 3 aromatic carbocycles. The SMILES string of the molecule is CCCN(Cc1ccc(Cl)cc1)c1nc(-c2cccc(NC(=O)Nc3ccc(F)c(Cl)c3)c2)cn2ccnc12. The number of aromatic nitrogens is 3. The molecule has 0 radical (unpaired) electrons. The molecule has 7 nitrogen and oxygen atoms in total. The summed E-state index contributed by atoms with van der Waals surface area (Å²) in [6, 6.07) is 18.7. The third kappa shape index (κ3) is 6.30. The van der Waals surface area contributed by atoms with E-state index in [1.54, 1.807) is 12.3 Å². The van der Waals surface area contributed by atoms with Crippen LogP contribution in [-0.2, 0) is 6.54 Å². The van der Waals surface area contributed by atoms with Crippen molar-refractivity contribution in [3.8, 4) is 11.3 Å². The van der Waals surface area contributed by atoms with Crippen LogP contribution >= 0.6 is 23.2 Å². The number of nitrogens with zero attached hydrogens (tertiary/aromatic N) is 4. The lowest BCUT2D eigenvalue weighted by molar-refractivity contribution is 0.262. The minimum atomic E-state index is -0.553. The van der Waals surface area contributed by atoms with Crippen LogP contribution in [0.4, 0.5) is 26.4 Å². The highest BCUT2D eigenvalue weighted by atomic mass is 35.5. The van der Waals surface area contributed by atoms with Crippen LogP contribution in [0, 0.1) is 5.82 Å². The van der Waals surface area contributed by atoms with Gasteiger partial charge in [-0.1, -0.05) is 54.4 Å². The second-order valence-electron chi connectivity index (χ2n) is 8.94. The zero-order valence-corrected chi connectivity index (χ0v) is 22.5. The molecule has 5 rings (SSSR count). The third-order valence-corrected chi connectivity index (χ3v) is 6.57. The number of hydrogen-bond acceptors (Lipinski definition) is 4. The van der Waals surface area contributed by atoms with Crippen molar-refractivity contribution in [2.75, 3.05) is 22.1 Å². The van der Waals surface area contributed by atoms with Crippen molar-refractivity contribution >= 4 is 52.1 Å². The van der Waals surface area contributed by atoms with Gasteiger partial charge in [-0.3, -0.25) is 0 Å². The van der Waals surface area contributed by atoms with Crippen molar-refractivity contribution in [2.24, 2.45) is 0 Å². The van der Waals surface area contributed by atoms with Gasteiger partial charge in [0.15, 0.2) is 11.5 Å². The van der Waals surface area contributed by atoms with Crippen LogP contribution in [0.3, 0.4) is 0 Å². The van der Waals surface area contributed by atoms with E-state index in [0.29, 0.717) is 22.9 Å². The number of carbonyl (C=O) groups is 1. The van der Waals surface area contributed by atoms with Crippen molar-refractivity contribution in [1.29, 1.82) is 0 Å². The number of amides is 2. The van der Waals surface area contributed by atoms with Gasteiger partial charge in [-0.25, -0.2) is 19.2 Å². The summed E-state index contributed by atoms with van der Waals surface area (Å²) in [4.78, 5) is 24.4. The van der Waals surface area contributed by atoms with E-state index in [2.05, 4.69) is 27.4 Å². The van der Waals surface area contributed by atoms with Crippen LogP contribution in [0.25, 0.3) is 16.9 Å². The maximum atomic E-state index is 13.4. The lowest BCUT2D eigenvalue weighted by Crippen LogP contribution is -2.25. The molecule has 5 aromatic rings. The van der Waals surface area contributed by atoms with E-state index < -0.39 is 11.8 Å². The molecular formula is C29H25Cl2FN6O. The largest absolute Gasteiger partial charge is 0.349 e. The molecule has 0 aliphatic carbocycles. The molecule has 0 unspecified atom stereocenters. The van der Waals surface area contributed by atoms with Crippen molar-refractivity contribution in [3.63, 3.8) is 0 Å². The zero-order chi connectivity index (χ0) is 27.4. The van der Waals surface area contributed by atoms with Gasteiger partial charge in [0.1, 0.15) is 5.82 Å². The predicted molar refractivity (Wildman–Crippen MR) is 155 cm³/mol. The average molecular weight is 563 g/mol. The molecule has 0 aliphatic rings. The van der Waals surface area contributed by atoms with Crippen LogP contribution in [0.1, 0.15) is 18.9 Å². The number of rotatable bonds is 8. The van der Waals surface area contributed by atoms with Gasteiger partial charge in [0.25, 0.3) is 0 Å². The summed E-state index contributed by atoms with van der Waals surface area (Å²) in [5.74, 6) is 0.210. The molecule has 2 heterocycles. The highest BCUT2D eigenvalue weighted by Gasteiger charge is 2.17. The first-order chi connectivity index (χ1) is 18.9. The van der Waals surface area contributed by atoms with E-state index in [1.807, 2.05) is 59.3 Å². The van der Waals surface area contributed by atoms with Crippen molar-refractivity contribution in [2.45, 2.75) is 19.9 Å². The van der Waals surface area contributed by atoms with Crippen molar-refractivity contribution in [3.05, 3.63) is 107 Å². The molecule has 0 spiro atoms. The molecule has 198 valence electrons. The summed E-state index contributed by atoms with van der Waals surface area (Å²) < 4.78 is 15.4. The molecule has 10 heteroatoms. The normalized spacial score (nSPS) is 11.0. The lowest BCUT2D eigenvalue weighted by atomic mass is 10.1. The lowest BCUT2D eigenvalue weighted by Gasteiger charge is -2.24. The fourth-order valence-corrected chi connectivity index (χ4v) is 4.54. The van der Waals surface area contributed by atoms with Crippen LogP contribution in [0.5, 0.6) is 0 Å². The quantitative estimate of drug-likeness (QED) is 0.201. The van der Waals surface area contributed by atoms with E-state index in [-0.39, 0.29) is 5.02 Å². The first-order valence-corrected chi connectivity index (χ1v) is 13.1. The number of imidazole rings is 1. The van der Waals surface area contributed by atoms with Gasteiger partial charge in [0.05, 0.1) is 10.7 Å². The standard InChI is InChI=1S/C29H25Cl2FN6O/c1-2-13-37(17-19-6-8-21(30)9-7-19)28-27-33-12-14-38(27)18-26(36-28)20-4-3-5-22(15-20)34-29(39)35-23-10-11-25(32)24(31)16-23/h3-12,14-16,18H,2,13,17H2,1H3,(H2,34,35,39). The van der Waals surface area contributed by atoms with Crippen LogP contribution in [0.15, 0.2) is 85.3 Å². The number of nitrogens with one attached hydrogen (secondary N) is 2. The van der Waals surface area contributed by atoms with Gasteiger partial charge in [-0.2, -0.15) is 0 Å². The Morgan fingerprint density at radius 2 is 1.79 bits per heavy atom. The number of carbonyl (C=O) groups excluding carboxylic acids is 1. The summed E-state index contributed by atoms with van der Waals surface area (Å²) in [5.41, 5.74) is 4.36. The van der Waals surface area contributed by atoms with Crippen LogP contribution in [-0.4, -0.2) is 26.9 Å². The van der Waals surface area contributed by atoms with Crippen molar-refractivity contribution in [1.82, 2.24) is 14.4 Å². The minimum Gasteiger partial charge on any atom is -0.349 e. The Hall–Kier alpha value is -4.14. The fourth-order valence-electron chi connectivity index (χ4n) is 4.23. The summed E-state index contributed by atoms with van der Waals surface area (Å²) in [7, 11) is 0. The van der Waals surface area contributed by atoms with E-state index in [4.69, 9.17) is 28.2 Å². The second-order valence-corrected chi connectivity index (χ2v) is 9.79. The molecule has 0 aliphatic heterocycles. The summed E-state index contributed by atoms with van der Waals surface area (Å²) in [6.45, 7) is 3.57. The Kier molecular flexibility index (Phi) is 7.95. The van der Waals surface area contributed by atoms with Gasteiger partial charge in [0.2, 0.25) is 0 Å². The van der Waals surface area contributed by atoms with E-state index in [0.717, 1.165) is 41.3 Å². The third-order valence-electron chi connectivity index (χ3n) is 6.03. The van der Waals surface area contributed by atoms with Gasteiger partial charge in [-0.05, 0) is 54.4 Å². The number of halogens is 3. The molecule has 39 heavy (non-hydrogen) atoms. The topological polar surface area (TPSA) is 74.6 Å². The molecule has 0 saturated carbocycles. The van der Waals surface area contributed by atoms with E-state index in [9.17, 15) is 9.18 Å². The first kappa shape index (κ1) is 26.5. The van der Waals surface area contributed by atoms with Crippen molar-refractivity contribution < 1.29 is 9.18 Å². The first-order valence-electron chi connectivity index (χ1n) is 12.4. The molecule has 2 amide bonds. The Bertz CT molecular complexity index is 1620. The second kappa shape index (κ2) is 11.7. The predicted octanol–water partition coefficient (Wildman–Crippen LogP) is 7.90. The number of fused-ring (bicyclic) bond motifs is 1. The molecule has 0 bridgehead atoms. The fraction of sp³-hybridized carbons (Fsp3) is 0.138. The minimum absolute atomic E-state index is 0.0697. The molecule has 0 fully saturated rings. The van der Waals surface area contributed by atoms with Crippen LogP contribution < -0.4 is 15.5 Å². The summed E-state index contributed by atoms with van der Waals surface area (Å²) in [6.07, 6.45) is 6.48. The summed E-state index contributed by atoms with van der Waals surface area (Å²) >= 11 is 11.9. The molecule has 0 saturated heterocycles. The van der Waals surface area contributed by atoms with E-state index >= 15 is 0 Å². The van der Waals surface area contributed by atoms with Gasteiger partial charge in [-0.15, -0.1) is 0 Å². The monoisotopic (exact) mass is 562 g/mol. The van der Waals surface area contributed by atoms with E-state index in [1.165, 1.54) is 18.2 Å². The highest BCUT2D eigenvalue weighted by molar-refractivity contribution is 6.31. The van der Waals surface area contributed by atoms with Gasteiger partial charge < -0.3 is 19.9 Å². The molecular weight excluding hydrogens is 538 g/mol. The average Bonchev–Trinajstić information content (AvgIpc) is 3.40. The van der Waals surface area contributed by atoms with Gasteiger partial charge >= 0.3 is 6.03 Å². The van der Waals surface area contributed by atoms with Crippen LogP contribution in [0.2, 0.25) is 10.0 Å². The number of anilines is 3. The number of urea groups is 1. The molecule has 2 aromatic heterocycles. The maximum Gasteiger partial charge on any atom is 0.323 e. The molecule has 0 atom stereocenters. The summed E-state index contributed by atoms with van der Waals surface area (Å²) in [5, 5.41) is 6.09.